The predicted octanol–water partition coefficient (Wildman–Crippen LogP) is 1.72. The molecular weight excluding hydrogens is 374 g/mol. The smallest absolute Gasteiger partial charge is 0.227 e. The van der Waals surface area contributed by atoms with Crippen molar-refractivity contribution >= 4 is 34.6 Å². The molecule has 2 saturated heterocycles. The fourth-order valence-corrected chi connectivity index (χ4v) is 3.54. The summed E-state index contributed by atoms with van der Waals surface area (Å²) in [6.45, 7) is 8.24. The Hall–Kier alpha value is -2.03. The van der Waals surface area contributed by atoms with Crippen LogP contribution in [0.5, 0.6) is 0 Å². The first kappa shape index (κ1) is 20.7. The largest absolute Gasteiger partial charge is 0.379 e. The van der Waals surface area contributed by atoms with Crippen LogP contribution in [0.2, 0.25) is 0 Å². The fourth-order valence-electron chi connectivity index (χ4n) is 3.39. The van der Waals surface area contributed by atoms with Gasteiger partial charge in [0.15, 0.2) is 5.11 Å². The average molecular weight is 404 g/mol. The van der Waals surface area contributed by atoms with Crippen LogP contribution in [0.3, 0.4) is 0 Å². The third kappa shape index (κ3) is 5.98. The van der Waals surface area contributed by atoms with Crippen LogP contribution in [-0.4, -0.2) is 67.6 Å². The Morgan fingerprint density at radius 2 is 2.11 bits per heavy atom. The van der Waals surface area contributed by atoms with Crippen LogP contribution in [0.1, 0.15) is 31.7 Å². The van der Waals surface area contributed by atoms with Crippen molar-refractivity contribution in [2.24, 2.45) is 5.10 Å². The lowest BCUT2D eigenvalue weighted by Crippen LogP contribution is -2.39. The van der Waals surface area contributed by atoms with E-state index >= 15 is 0 Å². The van der Waals surface area contributed by atoms with E-state index in [0.717, 1.165) is 75.7 Å². The van der Waals surface area contributed by atoms with Crippen molar-refractivity contribution in [3.8, 4) is 0 Å². The number of anilines is 1. The number of ether oxygens (including phenoxy) is 1. The first-order valence-corrected chi connectivity index (χ1v) is 10.3. The van der Waals surface area contributed by atoms with Crippen molar-refractivity contribution in [3.05, 3.63) is 29.8 Å². The molecule has 1 amide bonds. The standard InChI is InChI=1S/C20H29N5O2S/c1-16(17-5-2-6-18(15-17)25-10-3-7-19(25)26)22-23-20(28)21-8-4-9-24-11-13-27-14-12-24/h2,5-6,15H,3-4,7-14H2,1H3,(H2,21,23,28)/b22-16-. The van der Waals surface area contributed by atoms with Gasteiger partial charge in [-0.1, -0.05) is 12.1 Å². The highest BCUT2D eigenvalue weighted by molar-refractivity contribution is 7.80. The van der Waals surface area contributed by atoms with Gasteiger partial charge in [-0.15, -0.1) is 0 Å². The van der Waals surface area contributed by atoms with Crippen LogP contribution in [0.4, 0.5) is 5.69 Å². The third-order valence-corrected chi connectivity index (χ3v) is 5.25. The minimum atomic E-state index is 0.187. The molecule has 0 aliphatic carbocycles. The number of thiocarbonyl (C=S) groups is 1. The van der Waals surface area contributed by atoms with Gasteiger partial charge in [-0.25, -0.2) is 0 Å². The van der Waals surface area contributed by atoms with Gasteiger partial charge in [0.1, 0.15) is 0 Å². The summed E-state index contributed by atoms with van der Waals surface area (Å²) in [5.41, 5.74) is 5.64. The van der Waals surface area contributed by atoms with E-state index in [4.69, 9.17) is 17.0 Å². The molecular formula is C20H29N5O2S. The number of nitrogens with one attached hydrogen (secondary N) is 2. The molecule has 0 radical (unpaired) electrons. The lowest BCUT2D eigenvalue weighted by atomic mass is 10.1. The monoisotopic (exact) mass is 403 g/mol. The number of amides is 1. The first-order chi connectivity index (χ1) is 13.6. The van der Waals surface area contributed by atoms with Gasteiger partial charge in [0.05, 0.1) is 18.9 Å². The highest BCUT2D eigenvalue weighted by Gasteiger charge is 2.21. The van der Waals surface area contributed by atoms with E-state index in [0.29, 0.717) is 11.5 Å². The molecule has 0 unspecified atom stereocenters. The van der Waals surface area contributed by atoms with Gasteiger partial charge in [0.2, 0.25) is 5.91 Å². The number of benzene rings is 1. The van der Waals surface area contributed by atoms with Crippen molar-refractivity contribution in [2.75, 3.05) is 50.8 Å². The number of carbonyl (C=O) groups excluding carboxylic acids is 1. The number of rotatable bonds is 7. The summed E-state index contributed by atoms with van der Waals surface area (Å²) < 4.78 is 5.35. The summed E-state index contributed by atoms with van der Waals surface area (Å²) in [4.78, 5) is 16.2. The average Bonchev–Trinajstić information content (AvgIpc) is 3.16. The SMILES string of the molecule is C/C(=N/NC(=S)NCCCN1CCOCC1)c1cccc(N2CCCC2=O)c1. The van der Waals surface area contributed by atoms with Gasteiger partial charge in [0.25, 0.3) is 0 Å². The number of nitrogens with zero attached hydrogens (tertiary/aromatic N) is 3. The summed E-state index contributed by atoms with van der Waals surface area (Å²) in [6, 6.07) is 7.91. The van der Waals surface area contributed by atoms with Crippen molar-refractivity contribution in [1.82, 2.24) is 15.6 Å². The highest BCUT2D eigenvalue weighted by atomic mass is 32.1. The lowest BCUT2D eigenvalue weighted by Gasteiger charge is -2.26. The number of hydrogen-bond donors (Lipinski definition) is 2. The normalized spacial score (nSPS) is 18.4. The predicted molar refractivity (Wildman–Crippen MR) is 116 cm³/mol. The van der Waals surface area contributed by atoms with Gasteiger partial charge in [-0.05, 0) is 56.2 Å². The molecule has 0 saturated carbocycles. The molecule has 152 valence electrons. The summed E-state index contributed by atoms with van der Waals surface area (Å²) in [7, 11) is 0. The maximum Gasteiger partial charge on any atom is 0.227 e. The second kappa shape index (κ2) is 10.5. The molecule has 1 aromatic carbocycles. The van der Waals surface area contributed by atoms with Gasteiger partial charge < -0.3 is 15.0 Å². The van der Waals surface area contributed by atoms with Crippen molar-refractivity contribution < 1.29 is 9.53 Å². The Kier molecular flexibility index (Phi) is 7.76. The molecule has 2 heterocycles. The van der Waals surface area contributed by atoms with Gasteiger partial charge in [-0.3, -0.25) is 15.1 Å². The molecule has 0 aromatic heterocycles. The minimum absolute atomic E-state index is 0.187. The van der Waals surface area contributed by atoms with Gasteiger partial charge in [0, 0.05) is 38.3 Å². The van der Waals surface area contributed by atoms with E-state index < -0.39 is 0 Å². The fraction of sp³-hybridized carbons (Fsp3) is 0.550. The molecule has 1 aromatic rings. The number of carbonyl (C=O) groups is 1. The molecule has 2 N–H and O–H groups in total. The summed E-state index contributed by atoms with van der Waals surface area (Å²) in [5, 5.41) is 8.10. The van der Waals surface area contributed by atoms with E-state index in [9.17, 15) is 4.79 Å². The second-order valence-electron chi connectivity index (χ2n) is 7.07. The molecule has 8 heteroatoms. The maximum atomic E-state index is 11.9. The number of hydrogen-bond acceptors (Lipinski definition) is 5. The van der Waals surface area contributed by atoms with Crippen LogP contribution in [0.15, 0.2) is 29.4 Å². The molecule has 0 bridgehead atoms. The zero-order valence-electron chi connectivity index (χ0n) is 16.4. The van der Waals surface area contributed by atoms with Crippen molar-refractivity contribution in [3.63, 3.8) is 0 Å². The van der Waals surface area contributed by atoms with E-state index in [1.807, 2.05) is 36.1 Å². The number of morpholine rings is 1. The van der Waals surface area contributed by atoms with Crippen LogP contribution in [0.25, 0.3) is 0 Å². The first-order valence-electron chi connectivity index (χ1n) is 9.92. The Bertz CT molecular complexity index is 718. The van der Waals surface area contributed by atoms with E-state index in [-0.39, 0.29) is 5.91 Å². The highest BCUT2D eigenvalue weighted by Crippen LogP contribution is 2.22. The zero-order valence-corrected chi connectivity index (χ0v) is 17.3. The van der Waals surface area contributed by atoms with Crippen molar-refractivity contribution in [1.29, 1.82) is 0 Å². The van der Waals surface area contributed by atoms with Crippen LogP contribution >= 0.6 is 12.2 Å². The molecule has 3 rings (SSSR count). The Balaban J connectivity index is 1.43. The minimum Gasteiger partial charge on any atom is -0.379 e. The molecule has 2 fully saturated rings. The molecule has 0 spiro atoms. The van der Waals surface area contributed by atoms with Crippen LogP contribution < -0.4 is 15.6 Å². The lowest BCUT2D eigenvalue weighted by molar-refractivity contribution is -0.117. The molecule has 2 aliphatic heterocycles. The Morgan fingerprint density at radius 1 is 1.29 bits per heavy atom. The Morgan fingerprint density at radius 3 is 2.86 bits per heavy atom. The molecule has 0 atom stereocenters. The number of hydrazone groups is 1. The summed E-state index contributed by atoms with van der Waals surface area (Å²) >= 11 is 5.31. The quantitative estimate of drug-likeness (QED) is 0.313. The molecule has 7 nitrogen and oxygen atoms in total. The topological polar surface area (TPSA) is 69.2 Å². The molecule has 28 heavy (non-hydrogen) atoms. The maximum absolute atomic E-state index is 11.9. The summed E-state index contributed by atoms with van der Waals surface area (Å²) in [6.07, 6.45) is 2.57. The van der Waals surface area contributed by atoms with E-state index in [2.05, 4.69) is 20.7 Å². The summed E-state index contributed by atoms with van der Waals surface area (Å²) in [5.74, 6) is 0.187. The zero-order chi connectivity index (χ0) is 19.8. The van der Waals surface area contributed by atoms with Crippen LogP contribution in [0, 0.1) is 0 Å². The van der Waals surface area contributed by atoms with E-state index in [1.165, 1.54) is 0 Å². The van der Waals surface area contributed by atoms with Crippen LogP contribution in [-0.2, 0) is 9.53 Å². The second-order valence-corrected chi connectivity index (χ2v) is 7.48. The van der Waals surface area contributed by atoms with E-state index in [1.54, 1.807) is 0 Å². The van der Waals surface area contributed by atoms with Gasteiger partial charge >= 0.3 is 0 Å². The molecule has 2 aliphatic rings. The van der Waals surface area contributed by atoms with Gasteiger partial charge in [-0.2, -0.15) is 5.10 Å². The Labute approximate surface area is 172 Å². The third-order valence-electron chi connectivity index (χ3n) is 5.01. The van der Waals surface area contributed by atoms with Crippen molar-refractivity contribution in [2.45, 2.75) is 26.2 Å².